The normalized spacial score (nSPS) is 29.0. The highest BCUT2D eigenvalue weighted by atomic mass is 16.5. The van der Waals surface area contributed by atoms with Gasteiger partial charge in [0, 0.05) is 0 Å². The van der Waals surface area contributed by atoms with Crippen molar-refractivity contribution >= 4 is 0 Å². The molecule has 15 heavy (non-hydrogen) atoms. The highest BCUT2D eigenvalue weighted by Gasteiger charge is 2.22. The number of rotatable bonds is 6. The van der Waals surface area contributed by atoms with Crippen LogP contribution in [0.5, 0.6) is 0 Å². The van der Waals surface area contributed by atoms with Crippen molar-refractivity contribution in [2.75, 3.05) is 6.61 Å². The molecule has 0 spiro atoms. The van der Waals surface area contributed by atoms with Crippen LogP contribution in [0.2, 0.25) is 0 Å². The van der Waals surface area contributed by atoms with Crippen molar-refractivity contribution in [1.82, 2.24) is 0 Å². The Morgan fingerprint density at radius 1 is 1.20 bits per heavy atom. The Bertz CT molecular complexity index is 155. The summed E-state index contributed by atoms with van der Waals surface area (Å²) in [6, 6.07) is 0. The fraction of sp³-hybridized carbons (Fsp3) is 1.00. The highest BCUT2D eigenvalue weighted by molar-refractivity contribution is 4.72. The quantitative estimate of drug-likeness (QED) is 0.634. The fourth-order valence-corrected chi connectivity index (χ4v) is 2.63. The van der Waals surface area contributed by atoms with Crippen molar-refractivity contribution in [3.8, 4) is 0 Å². The molecule has 1 aliphatic carbocycles. The molecular weight excluding hydrogens is 184 g/mol. The molecular formula is C14H28O. The summed E-state index contributed by atoms with van der Waals surface area (Å²) >= 11 is 0. The molecule has 1 saturated carbocycles. The van der Waals surface area contributed by atoms with E-state index in [1.165, 1.54) is 44.9 Å². The highest BCUT2D eigenvalue weighted by Crippen LogP contribution is 2.30. The Balaban J connectivity index is 2.21. The van der Waals surface area contributed by atoms with Crippen LogP contribution in [0.25, 0.3) is 0 Å². The van der Waals surface area contributed by atoms with E-state index >= 15 is 0 Å². The molecule has 1 aliphatic rings. The zero-order valence-electron chi connectivity index (χ0n) is 10.8. The smallest absolute Gasteiger partial charge is 0.0572 e. The summed E-state index contributed by atoms with van der Waals surface area (Å²) in [4.78, 5) is 0. The molecule has 0 amide bonds. The molecule has 0 aliphatic heterocycles. The van der Waals surface area contributed by atoms with Crippen LogP contribution in [0, 0.1) is 11.8 Å². The van der Waals surface area contributed by atoms with E-state index in [1.54, 1.807) is 0 Å². The van der Waals surface area contributed by atoms with Gasteiger partial charge in [-0.15, -0.1) is 0 Å². The van der Waals surface area contributed by atoms with Crippen LogP contribution in [0.15, 0.2) is 0 Å². The van der Waals surface area contributed by atoms with Crippen molar-refractivity contribution in [2.45, 2.75) is 71.8 Å². The molecule has 90 valence electrons. The van der Waals surface area contributed by atoms with Crippen molar-refractivity contribution in [1.29, 1.82) is 0 Å². The van der Waals surface area contributed by atoms with E-state index < -0.39 is 0 Å². The Hall–Kier alpha value is -0.0400. The van der Waals surface area contributed by atoms with E-state index in [-0.39, 0.29) is 0 Å². The molecule has 0 aromatic rings. The average molecular weight is 212 g/mol. The third-order valence-corrected chi connectivity index (χ3v) is 3.90. The first-order valence-corrected chi connectivity index (χ1v) is 6.89. The molecule has 1 nitrogen and oxygen atoms in total. The lowest BCUT2D eigenvalue weighted by molar-refractivity contribution is 0.00136. The van der Waals surface area contributed by atoms with Crippen LogP contribution >= 0.6 is 0 Å². The van der Waals surface area contributed by atoms with E-state index in [0.29, 0.717) is 6.10 Å². The van der Waals surface area contributed by atoms with Gasteiger partial charge in [0.25, 0.3) is 0 Å². The molecule has 1 rings (SSSR count). The Labute approximate surface area is 95.6 Å². The maximum Gasteiger partial charge on any atom is 0.0572 e. The van der Waals surface area contributed by atoms with Gasteiger partial charge in [-0.25, -0.2) is 0 Å². The minimum absolute atomic E-state index is 0.518. The molecule has 0 radical (unpaired) electrons. The maximum absolute atomic E-state index is 6.04. The lowest BCUT2D eigenvalue weighted by atomic mass is 9.81. The van der Waals surface area contributed by atoms with Crippen molar-refractivity contribution in [3.63, 3.8) is 0 Å². The van der Waals surface area contributed by atoms with E-state index in [0.717, 1.165) is 18.4 Å². The first kappa shape index (κ1) is 13.0. The topological polar surface area (TPSA) is 9.23 Å². The lowest BCUT2D eigenvalue weighted by Gasteiger charge is -2.30. The van der Waals surface area contributed by atoms with Gasteiger partial charge in [0.15, 0.2) is 0 Å². The van der Waals surface area contributed by atoms with Gasteiger partial charge >= 0.3 is 0 Å². The third kappa shape index (κ3) is 4.55. The molecule has 1 heteroatoms. The van der Waals surface area contributed by atoms with Crippen LogP contribution in [0.4, 0.5) is 0 Å². The van der Waals surface area contributed by atoms with E-state index in [4.69, 9.17) is 4.74 Å². The predicted molar refractivity (Wildman–Crippen MR) is 66.1 cm³/mol. The van der Waals surface area contributed by atoms with Crippen LogP contribution in [-0.2, 0) is 4.74 Å². The maximum atomic E-state index is 6.04. The lowest BCUT2D eigenvalue weighted by Crippen LogP contribution is -2.24. The van der Waals surface area contributed by atoms with Gasteiger partial charge in [-0.05, 0) is 31.1 Å². The second-order valence-electron chi connectivity index (χ2n) is 5.17. The zero-order valence-corrected chi connectivity index (χ0v) is 10.8. The summed E-state index contributed by atoms with van der Waals surface area (Å²) in [5.74, 6) is 1.72. The monoisotopic (exact) mass is 212 g/mol. The zero-order chi connectivity index (χ0) is 11.1. The van der Waals surface area contributed by atoms with Crippen LogP contribution in [0.1, 0.15) is 65.7 Å². The van der Waals surface area contributed by atoms with Crippen LogP contribution < -0.4 is 0 Å². The second-order valence-corrected chi connectivity index (χ2v) is 5.17. The van der Waals surface area contributed by atoms with Crippen molar-refractivity contribution in [2.24, 2.45) is 11.8 Å². The third-order valence-electron chi connectivity index (χ3n) is 3.90. The summed E-state index contributed by atoms with van der Waals surface area (Å²) in [6.07, 6.45) is 9.84. The molecule has 0 aromatic heterocycles. The first-order valence-electron chi connectivity index (χ1n) is 6.89. The second kappa shape index (κ2) is 7.27. The first-order chi connectivity index (χ1) is 7.27. The van der Waals surface area contributed by atoms with Crippen molar-refractivity contribution in [3.05, 3.63) is 0 Å². The van der Waals surface area contributed by atoms with E-state index in [9.17, 15) is 0 Å². The summed E-state index contributed by atoms with van der Waals surface area (Å²) in [5, 5.41) is 0. The van der Waals surface area contributed by atoms with Gasteiger partial charge < -0.3 is 4.74 Å². The number of hydrogen-bond donors (Lipinski definition) is 0. The minimum atomic E-state index is 0.518. The summed E-state index contributed by atoms with van der Waals surface area (Å²) < 4.78 is 6.04. The SMILES string of the molecule is CCCC(CC)OC[C@H]1CCCC[C@@H]1C. The minimum Gasteiger partial charge on any atom is -0.378 e. The standard InChI is InChI=1S/C14H28O/c1-4-8-14(5-2)15-11-13-10-7-6-9-12(13)3/h12-14H,4-11H2,1-3H3/t12-,13+,14?/m0/s1. The molecule has 0 N–H and O–H groups in total. The number of ether oxygens (including phenoxy) is 1. The molecule has 0 saturated heterocycles. The molecule has 3 atom stereocenters. The summed E-state index contributed by atoms with van der Waals surface area (Å²) in [5.41, 5.74) is 0. The van der Waals surface area contributed by atoms with E-state index in [2.05, 4.69) is 20.8 Å². The Morgan fingerprint density at radius 3 is 2.53 bits per heavy atom. The Morgan fingerprint density at radius 2 is 1.93 bits per heavy atom. The predicted octanol–water partition coefficient (Wildman–Crippen LogP) is 4.41. The number of hydrogen-bond acceptors (Lipinski definition) is 1. The fourth-order valence-electron chi connectivity index (χ4n) is 2.63. The van der Waals surface area contributed by atoms with Crippen LogP contribution in [0.3, 0.4) is 0 Å². The Kier molecular flexibility index (Phi) is 6.31. The van der Waals surface area contributed by atoms with Gasteiger partial charge in [-0.1, -0.05) is 46.5 Å². The van der Waals surface area contributed by atoms with Gasteiger partial charge in [0.1, 0.15) is 0 Å². The molecule has 0 aromatic carbocycles. The van der Waals surface area contributed by atoms with Gasteiger partial charge in [0.2, 0.25) is 0 Å². The molecule has 0 heterocycles. The largest absolute Gasteiger partial charge is 0.378 e. The van der Waals surface area contributed by atoms with Gasteiger partial charge in [-0.2, -0.15) is 0 Å². The van der Waals surface area contributed by atoms with E-state index in [1.807, 2.05) is 0 Å². The summed E-state index contributed by atoms with van der Waals surface area (Å²) in [6.45, 7) is 7.90. The molecule has 0 bridgehead atoms. The van der Waals surface area contributed by atoms with Gasteiger partial charge in [0.05, 0.1) is 12.7 Å². The summed E-state index contributed by atoms with van der Waals surface area (Å²) in [7, 11) is 0. The molecule has 1 fully saturated rings. The van der Waals surface area contributed by atoms with Crippen LogP contribution in [-0.4, -0.2) is 12.7 Å². The van der Waals surface area contributed by atoms with Crippen molar-refractivity contribution < 1.29 is 4.74 Å². The average Bonchev–Trinajstić information content (AvgIpc) is 2.26. The molecule has 1 unspecified atom stereocenters. The van der Waals surface area contributed by atoms with Gasteiger partial charge in [-0.3, -0.25) is 0 Å².